The van der Waals surface area contributed by atoms with Crippen LogP contribution in [0.4, 0.5) is 0 Å². The number of hydrogen-bond donors (Lipinski definition) is 1. The first-order chi connectivity index (χ1) is 5.92. The van der Waals surface area contributed by atoms with Crippen LogP contribution in [0.25, 0.3) is 0 Å². The summed E-state index contributed by atoms with van der Waals surface area (Å²) in [7, 11) is 1.82. The number of carboxylic acid groups (broad SMARTS) is 1. The molecule has 0 atom stereocenters. The van der Waals surface area contributed by atoms with Crippen molar-refractivity contribution in [3.8, 4) is 0 Å². The van der Waals surface area contributed by atoms with E-state index in [4.69, 9.17) is 5.11 Å². The molecular weight excluding hydrogens is 168 g/mol. The zero-order chi connectivity index (χ0) is 10.1. The van der Waals surface area contributed by atoms with Gasteiger partial charge in [0.1, 0.15) is 0 Å². The molecule has 0 aliphatic carbocycles. The third kappa shape index (κ3) is 2.31. The molecule has 4 nitrogen and oxygen atoms in total. The second-order valence-electron chi connectivity index (χ2n) is 3.83. The second-order valence-corrected chi connectivity index (χ2v) is 3.83. The van der Waals surface area contributed by atoms with Gasteiger partial charge in [0.05, 0.1) is 12.1 Å². The quantitative estimate of drug-likeness (QED) is 0.763. The lowest BCUT2D eigenvalue weighted by molar-refractivity contribution is -0.138. The van der Waals surface area contributed by atoms with E-state index in [1.165, 1.54) is 0 Å². The number of rotatable bonds is 3. The van der Waals surface area contributed by atoms with Gasteiger partial charge in [0.25, 0.3) is 0 Å². The predicted molar refractivity (Wildman–Crippen MR) is 48.5 cm³/mol. The van der Waals surface area contributed by atoms with Crippen LogP contribution in [-0.2, 0) is 17.3 Å². The van der Waals surface area contributed by atoms with Gasteiger partial charge in [-0.05, 0) is 6.07 Å². The van der Waals surface area contributed by atoms with Crippen LogP contribution in [0.1, 0.15) is 26.0 Å². The maximum atomic E-state index is 10.6. The van der Waals surface area contributed by atoms with Crippen molar-refractivity contribution >= 4 is 5.97 Å². The molecule has 0 aromatic carbocycles. The summed E-state index contributed by atoms with van der Waals surface area (Å²) < 4.78 is 1.68. The molecule has 1 aromatic rings. The molecule has 0 saturated carbocycles. The first kappa shape index (κ1) is 9.77. The molecule has 0 aliphatic rings. The van der Waals surface area contributed by atoms with Gasteiger partial charge in [-0.1, -0.05) is 13.8 Å². The highest BCUT2D eigenvalue weighted by atomic mass is 16.4. The number of aryl methyl sites for hydroxylation is 1. The van der Waals surface area contributed by atoms with E-state index in [2.05, 4.69) is 5.10 Å². The molecule has 1 N–H and O–H groups in total. The number of carboxylic acids is 1. The van der Waals surface area contributed by atoms with Crippen molar-refractivity contribution < 1.29 is 9.90 Å². The molecule has 72 valence electrons. The Morgan fingerprint density at radius 2 is 2.31 bits per heavy atom. The van der Waals surface area contributed by atoms with Gasteiger partial charge in [0.2, 0.25) is 0 Å². The zero-order valence-corrected chi connectivity index (χ0v) is 8.11. The Kier molecular flexibility index (Phi) is 2.40. The van der Waals surface area contributed by atoms with Crippen LogP contribution in [0.3, 0.4) is 0 Å². The summed E-state index contributed by atoms with van der Waals surface area (Å²) in [6.45, 7) is 3.76. The van der Waals surface area contributed by atoms with Gasteiger partial charge in [-0.3, -0.25) is 9.48 Å². The Hall–Kier alpha value is -1.32. The highest BCUT2D eigenvalue weighted by Crippen LogP contribution is 2.24. The van der Waals surface area contributed by atoms with E-state index in [0.29, 0.717) is 0 Å². The molecule has 13 heavy (non-hydrogen) atoms. The molecule has 0 fully saturated rings. The molecule has 0 bridgehead atoms. The second kappa shape index (κ2) is 3.20. The topological polar surface area (TPSA) is 55.1 Å². The van der Waals surface area contributed by atoms with Gasteiger partial charge in [-0.15, -0.1) is 0 Å². The van der Waals surface area contributed by atoms with Crippen molar-refractivity contribution in [2.75, 3.05) is 0 Å². The average molecular weight is 182 g/mol. The van der Waals surface area contributed by atoms with Gasteiger partial charge in [0, 0.05) is 18.7 Å². The maximum absolute atomic E-state index is 10.6. The molecule has 0 saturated heterocycles. The lowest BCUT2D eigenvalue weighted by Gasteiger charge is -2.19. The minimum atomic E-state index is -0.796. The number of aromatic nitrogens is 2. The summed E-state index contributed by atoms with van der Waals surface area (Å²) in [6, 6.07) is 1.85. The van der Waals surface area contributed by atoms with Crippen LogP contribution in [0.15, 0.2) is 12.3 Å². The standard InChI is InChI=1S/C9H14N2O2/c1-9(2,6-8(12)13)7-4-5-11(3)10-7/h4-5H,6H2,1-3H3,(H,12,13). The summed E-state index contributed by atoms with van der Waals surface area (Å²) in [5.74, 6) is -0.796. The molecule has 1 heterocycles. The van der Waals surface area contributed by atoms with Gasteiger partial charge >= 0.3 is 5.97 Å². The van der Waals surface area contributed by atoms with Crippen LogP contribution >= 0.6 is 0 Å². The van der Waals surface area contributed by atoms with Crippen molar-refractivity contribution in [1.82, 2.24) is 9.78 Å². The van der Waals surface area contributed by atoms with Gasteiger partial charge in [-0.25, -0.2) is 0 Å². The molecular formula is C9H14N2O2. The Balaban J connectivity index is 2.86. The monoisotopic (exact) mass is 182 g/mol. The molecule has 0 radical (unpaired) electrons. The third-order valence-corrected chi connectivity index (χ3v) is 2.00. The van der Waals surface area contributed by atoms with Crippen LogP contribution in [0.2, 0.25) is 0 Å². The minimum Gasteiger partial charge on any atom is -0.481 e. The summed E-state index contributed by atoms with van der Waals surface area (Å²) in [4.78, 5) is 10.6. The molecule has 0 unspecified atom stereocenters. The fourth-order valence-corrected chi connectivity index (χ4v) is 1.24. The van der Waals surface area contributed by atoms with E-state index in [1.807, 2.05) is 33.2 Å². The smallest absolute Gasteiger partial charge is 0.304 e. The van der Waals surface area contributed by atoms with E-state index in [-0.39, 0.29) is 6.42 Å². The lowest BCUT2D eigenvalue weighted by atomic mass is 9.86. The fourth-order valence-electron chi connectivity index (χ4n) is 1.24. The number of hydrogen-bond acceptors (Lipinski definition) is 2. The summed E-state index contributed by atoms with van der Waals surface area (Å²) >= 11 is 0. The molecule has 4 heteroatoms. The minimum absolute atomic E-state index is 0.101. The van der Waals surface area contributed by atoms with Crippen molar-refractivity contribution in [3.05, 3.63) is 18.0 Å². The third-order valence-electron chi connectivity index (χ3n) is 2.00. The normalized spacial score (nSPS) is 11.6. The van der Waals surface area contributed by atoms with Crippen LogP contribution in [0, 0.1) is 0 Å². The maximum Gasteiger partial charge on any atom is 0.304 e. The Morgan fingerprint density at radius 3 is 2.69 bits per heavy atom. The van der Waals surface area contributed by atoms with Crippen molar-refractivity contribution in [1.29, 1.82) is 0 Å². The van der Waals surface area contributed by atoms with Crippen LogP contribution in [0.5, 0.6) is 0 Å². The SMILES string of the molecule is Cn1ccc(C(C)(C)CC(=O)O)n1. The predicted octanol–water partition coefficient (Wildman–Crippen LogP) is 1.17. The zero-order valence-electron chi connectivity index (χ0n) is 8.11. The highest BCUT2D eigenvalue weighted by molar-refractivity contribution is 5.68. The highest BCUT2D eigenvalue weighted by Gasteiger charge is 2.26. The van der Waals surface area contributed by atoms with Crippen LogP contribution in [-0.4, -0.2) is 20.9 Å². The molecule has 1 aromatic heterocycles. The van der Waals surface area contributed by atoms with E-state index in [0.717, 1.165) is 5.69 Å². The van der Waals surface area contributed by atoms with Gasteiger partial charge in [0.15, 0.2) is 0 Å². The van der Waals surface area contributed by atoms with Crippen molar-refractivity contribution in [2.24, 2.45) is 7.05 Å². The summed E-state index contributed by atoms with van der Waals surface area (Å²) in [5.41, 5.74) is 0.421. The summed E-state index contributed by atoms with van der Waals surface area (Å²) in [6.07, 6.45) is 1.92. The molecule has 0 spiro atoms. The molecule has 1 rings (SSSR count). The van der Waals surface area contributed by atoms with Crippen LogP contribution < -0.4 is 0 Å². The van der Waals surface area contributed by atoms with Gasteiger partial charge < -0.3 is 5.11 Å². The number of carbonyl (C=O) groups is 1. The first-order valence-corrected chi connectivity index (χ1v) is 4.14. The molecule has 0 aliphatic heterocycles. The Labute approximate surface area is 77.2 Å². The Morgan fingerprint density at radius 1 is 1.69 bits per heavy atom. The Bertz CT molecular complexity index is 315. The summed E-state index contributed by atoms with van der Waals surface area (Å²) in [5, 5.41) is 12.9. The van der Waals surface area contributed by atoms with Crippen molar-refractivity contribution in [3.63, 3.8) is 0 Å². The molecule has 0 amide bonds. The van der Waals surface area contributed by atoms with E-state index < -0.39 is 11.4 Å². The number of nitrogens with zero attached hydrogens (tertiary/aromatic N) is 2. The fraction of sp³-hybridized carbons (Fsp3) is 0.556. The largest absolute Gasteiger partial charge is 0.481 e. The first-order valence-electron chi connectivity index (χ1n) is 4.14. The van der Waals surface area contributed by atoms with E-state index >= 15 is 0 Å². The number of aliphatic carboxylic acids is 1. The van der Waals surface area contributed by atoms with E-state index in [1.54, 1.807) is 4.68 Å². The average Bonchev–Trinajstić information content (AvgIpc) is 2.32. The van der Waals surface area contributed by atoms with Gasteiger partial charge in [-0.2, -0.15) is 5.10 Å². The lowest BCUT2D eigenvalue weighted by Crippen LogP contribution is -2.22. The van der Waals surface area contributed by atoms with E-state index in [9.17, 15) is 4.79 Å². The van der Waals surface area contributed by atoms with Crippen molar-refractivity contribution in [2.45, 2.75) is 25.7 Å².